The second kappa shape index (κ2) is 4.95. The Balaban J connectivity index is 1.68. The fraction of sp³-hybridized carbons (Fsp3) is 0.235. The molecular formula is C17H15FN2OS. The minimum absolute atomic E-state index is 0.0269. The van der Waals surface area contributed by atoms with E-state index in [4.69, 9.17) is 0 Å². The Bertz CT molecular complexity index is 867. The van der Waals surface area contributed by atoms with Gasteiger partial charge in [0.2, 0.25) is 0 Å². The molecule has 5 heteroatoms. The van der Waals surface area contributed by atoms with Gasteiger partial charge in [-0.2, -0.15) is 0 Å². The van der Waals surface area contributed by atoms with Crippen molar-refractivity contribution in [2.24, 2.45) is 0 Å². The van der Waals surface area contributed by atoms with Crippen molar-refractivity contribution in [1.29, 1.82) is 0 Å². The first-order valence-electron chi connectivity index (χ1n) is 7.29. The van der Waals surface area contributed by atoms with Crippen LogP contribution in [0.1, 0.15) is 33.9 Å². The van der Waals surface area contributed by atoms with Crippen LogP contribution in [-0.2, 0) is 6.42 Å². The number of carbonyl (C=O) groups excluding carboxylic acids is 1. The highest BCUT2D eigenvalue weighted by atomic mass is 32.1. The van der Waals surface area contributed by atoms with E-state index in [1.807, 2.05) is 4.90 Å². The monoisotopic (exact) mass is 314 g/mol. The van der Waals surface area contributed by atoms with Gasteiger partial charge in [0.15, 0.2) is 0 Å². The fourth-order valence-electron chi connectivity index (χ4n) is 3.16. The molecule has 3 heterocycles. The predicted molar refractivity (Wildman–Crippen MR) is 85.7 cm³/mol. The molecule has 3 aromatic rings. The number of nitrogens with zero attached hydrogens (tertiary/aromatic N) is 1. The third-order valence-electron chi connectivity index (χ3n) is 4.35. The first kappa shape index (κ1) is 13.5. The zero-order chi connectivity index (χ0) is 15.3. The summed E-state index contributed by atoms with van der Waals surface area (Å²) in [6.45, 7) is 2.78. The Morgan fingerprint density at radius 1 is 1.36 bits per heavy atom. The molecule has 1 aliphatic heterocycles. The number of aromatic amines is 1. The maximum absolute atomic E-state index is 13.3. The summed E-state index contributed by atoms with van der Waals surface area (Å²) in [5.74, 6) is -0.319. The molecule has 0 bridgehead atoms. The van der Waals surface area contributed by atoms with E-state index < -0.39 is 0 Å². The van der Waals surface area contributed by atoms with Crippen molar-refractivity contribution >= 4 is 28.1 Å². The van der Waals surface area contributed by atoms with Crippen molar-refractivity contribution in [1.82, 2.24) is 9.88 Å². The summed E-state index contributed by atoms with van der Waals surface area (Å²) in [6.07, 6.45) is 0.901. The van der Waals surface area contributed by atoms with Crippen LogP contribution in [0.5, 0.6) is 0 Å². The van der Waals surface area contributed by atoms with Gasteiger partial charge in [0.1, 0.15) is 11.5 Å². The molecule has 2 aromatic heterocycles. The Morgan fingerprint density at radius 3 is 3.09 bits per heavy atom. The summed E-state index contributed by atoms with van der Waals surface area (Å²) in [7, 11) is 0. The number of fused-ring (bicyclic) bond motifs is 2. The highest BCUT2D eigenvalue weighted by Crippen LogP contribution is 2.33. The number of hydrogen-bond acceptors (Lipinski definition) is 2. The molecule has 4 rings (SSSR count). The number of nitrogens with one attached hydrogen (secondary N) is 1. The number of aromatic nitrogens is 1. The highest BCUT2D eigenvalue weighted by molar-refractivity contribution is 7.10. The Morgan fingerprint density at radius 2 is 2.23 bits per heavy atom. The molecule has 112 valence electrons. The molecule has 3 nitrogen and oxygen atoms in total. The van der Waals surface area contributed by atoms with Gasteiger partial charge < -0.3 is 9.88 Å². The summed E-state index contributed by atoms with van der Waals surface area (Å²) in [6, 6.07) is 8.41. The molecule has 1 atom stereocenters. The second-order valence-electron chi connectivity index (χ2n) is 5.64. The third-order valence-corrected chi connectivity index (χ3v) is 5.35. The average molecular weight is 314 g/mol. The largest absolute Gasteiger partial charge is 0.351 e. The molecule has 1 unspecified atom stereocenters. The molecule has 0 saturated heterocycles. The van der Waals surface area contributed by atoms with Crippen LogP contribution in [0.15, 0.2) is 35.7 Å². The maximum Gasteiger partial charge on any atom is 0.270 e. The van der Waals surface area contributed by atoms with Crippen LogP contribution in [0, 0.1) is 5.82 Å². The van der Waals surface area contributed by atoms with Crippen LogP contribution >= 0.6 is 11.3 Å². The molecule has 0 saturated carbocycles. The second-order valence-corrected chi connectivity index (χ2v) is 6.64. The zero-order valence-electron chi connectivity index (χ0n) is 12.1. The van der Waals surface area contributed by atoms with E-state index in [0.29, 0.717) is 5.69 Å². The fourth-order valence-corrected chi connectivity index (χ4v) is 4.12. The van der Waals surface area contributed by atoms with Crippen molar-refractivity contribution in [2.45, 2.75) is 19.4 Å². The van der Waals surface area contributed by atoms with Crippen LogP contribution in [0.25, 0.3) is 10.9 Å². The van der Waals surface area contributed by atoms with Gasteiger partial charge in [-0.05, 0) is 54.6 Å². The number of amides is 1. The number of benzene rings is 1. The number of rotatable bonds is 1. The van der Waals surface area contributed by atoms with E-state index in [1.165, 1.54) is 22.6 Å². The molecule has 0 fully saturated rings. The Labute approximate surface area is 131 Å². The minimum Gasteiger partial charge on any atom is -0.351 e. The summed E-state index contributed by atoms with van der Waals surface area (Å²) in [4.78, 5) is 19.2. The Kier molecular flexibility index (Phi) is 3.04. The average Bonchev–Trinajstić information content (AvgIpc) is 3.12. The van der Waals surface area contributed by atoms with E-state index in [9.17, 15) is 9.18 Å². The first-order chi connectivity index (χ1) is 10.6. The third kappa shape index (κ3) is 2.04. The number of H-pyrrole nitrogens is 1. The van der Waals surface area contributed by atoms with Gasteiger partial charge in [-0.1, -0.05) is 0 Å². The summed E-state index contributed by atoms with van der Waals surface area (Å²) in [5.41, 5.74) is 2.54. The molecular weight excluding hydrogens is 299 g/mol. The van der Waals surface area contributed by atoms with E-state index in [2.05, 4.69) is 23.4 Å². The minimum atomic E-state index is -0.292. The van der Waals surface area contributed by atoms with E-state index in [1.54, 1.807) is 23.5 Å². The van der Waals surface area contributed by atoms with Gasteiger partial charge in [-0.3, -0.25) is 4.79 Å². The van der Waals surface area contributed by atoms with Crippen molar-refractivity contribution in [3.05, 3.63) is 57.7 Å². The number of carbonyl (C=O) groups is 1. The molecule has 1 aliphatic rings. The highest BCUT2D eigenvalue weighted by Gasteiger charge is 2.29. The van der Waals surface area contributed by atoms with Crippen LogP contribution in [0.2, 0.25) is 0 Å². The van der Waals surface area contributed by atoms with Gasteiger partial charge in [0, 0.05) is 22.3 Å². The lowest BCUT2D eigenvalue weighted by atomic mass is 10.0. The van der Waals surface area contributed by atoms with Crippen molar-refractivity contribution < 1.29 is 9.18 Å². The molecule has 0 aliphatic carbocycles. The quantitative estimate of drug-likeness (QED) is 0.720. The summed E-state index contributed by atoms with van der Waals surface area (Å²) in [5, 5.41) is 2.81. The first-order valence-corrected chi connectivity index (χ1v) is 8.17. The SMILES string of the molecule is CC1c2ccsc2CCN1C(=O)c1cc2cc(F)ccc2[nH]1. The van der Waals surface area contributed by atoms with E-state index in [0.717, 1.165) is 23.9 Å². The normalized spacial score (nSPS) is 17.7. The number of thiophene rings is 1. The maximum atomic E-state index is 13.3. The lowest BCUT2D eigenvalue weighted by Crippen LogP contribution is -2.38. The van der Waals surface area contributed by atoms with E-state index in [-0.39, 0.29) is 17.8 Å². The number of halogens is 1. The lowest BCUT2D eigenvalue weighted by Gasteiger charge is -2.33. The van der Waals surface area contributed by atoms with Crippen molar-refractivity contribution in [3.63, 3.8) is 0 Å². The smallest absolute Gasteiger partial charge is 0.270 e. The van der Waals surface area contributed by atoms with Gasteiger partial charge in [-0.15, -0.1) is 11.3 Å². The molecule has 0 spiro atoms. The van der Waals surface area contributed by atoms with Gasteiger partial charge >= 0.3 is 0 Å². The summed E-state index contributed by atoms with van der Waals surface area (Å²) < 4.78 is 13.3. The molecule has 1 aromatic carbocycles. The molecule has 22 heavy (non-hydrogen) atoms. The van der Waals surface area contributed by atoms with Crippen LogP contribution < -0.4 is 0 Å². The topological polar surface area (TPSA) is 36.1 Å². The van der Waals surface area contributed by atoms with Crippen molar-refractivity contribution in [3.8, 4) is 0 Å². The lowest BCUT2D eigenvalue weighted by molar-refractivity contribution is 0.0674. The summed E-state index contributed by atoms with van der Waals surface area (Å²) >= 11 is 1.76. The van der Waals surface area contributed by atoms with Crippen LogP contribution in [-0.4, -0.2) is 22.3 Å². The predicted octanol–water partition coefficient (Wildman–Crippen LogP) is 4.13. The van der Waals surface area contributed by atoms with Gasteiger partial charge in [-0.25, -0.2) is 4.39 Å². The van der Waals surface area contributed by atoms with Gasteiger partial charge in [0.05, 0.1) is 6.04 Å². The molecule has 0 radical (unpaired) electrons. The van der Waals surface area contributed by atoms with Gasteiger partial charge in [0.25, 0.3) is 5.91 Å². The van der Waals surface area contributed by atoms with Crippen LogP contribution in [0.4, 0.5) is 4.39 Å². The number of hydrogen-bond donors (Lipinski definition) is 1. The zero-order valence-corrected chi connectivity index (χ0v) is 12.9. The van der Waals surface area contributed by atoms with Crippen molar-refractivity contribution in [2.75, 3.05) is 6.54 Å². The van der Waals surface area contributed by atoms with Crippen LogP contribution in [0.3, 0.4) is 0 Å². The molecule has 1 N–H and O–H groups in total. The molecule has 1 amide bonds. The Hall–Kier alpha value is -2.14. The standard InChI is InChI=1S/C17H15FN2OS/c1-10-13-5-7-22-16(13)4-6-20(10)17(21)15-9-11-8-12(18)2-3-14(11)19-15/h2-3,5,7-10,19H,4,6H2,1H3. The van der Waals surface area contributed by atoms with E-state index >= 15 is 0 Å².